The van der Waals surface area contributed by atoms with Gasteiger partial charge in [0.15, 0.2) is 0 Å². The van der Waals surface area contributed by atoms with Crippen LogP contribution in [0.25, 0.3) is 11.1 Å². The molecule has 0 saturated heterocycles. The Morgan fingerprint density at radius 2 is 0.857 bits per heavy atom. The van der Waals surface area contributed by atoms with Crippen molar-refractivity contribution in [2.75, 3.05) is 0 Å². The van der Waals surface area contributed by atoms with Gasteiger partial charge in [-0.25, -0.2) is 24.3 Å². The summed E-state index contributed by atoms with van der Waals surface area (Å²) in [7, 11) is 0. The Balaban J connectivity index is 0.000000219. The average Bonchev–Trinajstić information content (AvgIpc) is 3.85. The van der Waals surface area contributed by atoms with Crippen LogP contribution in [0.3, 0.4) is 0 Å². The summed E-state index contributed by atoms with van der Waals surface area (Å²) in [6, 6.07) is 55.6. The molecule has 0 spiro atoms. The summed E-state index contributed by atoms with van der Waals surface area (Å²) in [5, 5.41) is 0. The van der Waals surface area contributed by atoms with E-state index in [1.54, 1.807) is 0 Å². The van der Waals surface area contributed by atoms with Crippen molar-refractivity contribution in [3.05, 3.63) is 180 Å². The Morgan fingerprint density at radius 3 is 1.21 bits per heavy atom. The van der Waals surface area contributed by atoms with Gasteiger partial charge in [0.05, 0.1) is 0 Å². The fourth-order valence-electron chi connectivity index (χ4n) is 5.25. The van der Waals surface area contributed by atoms with E-state index in [1.807, 2.05) is 0 Å². The summed E-state index contributed by atoms with van der Waals surface area (Å²) in [5.41, 5.74) is 8.44. The zero-order chi connectivity index (χ0) is 27.8. The van der Waals surface area contributed by atoms with Gasteiger partial charge in [-0.2, -0.15) is 35.4 Å². The van der Waals surface area contributed by atoms with Crippen molar-refractivity contribution >= 4 is 0 Å². The van der Waals surface area contributed by atoms with E-state index in [0.29, 0.717) is 11.8 Å². The minimum absolute atomic E-state index is 0. The molecule has 0 amide bonds. The molecule has 6 aromatic carbocycles. The van der Waals surface area contributed by atoms with Gasteiger partial charge in [-0.15, -0.1) is 0 Å². The third-order valence-electron chi connectivity index (χ3n) is 7.61. The average molecular weight is 634 g/mol. The van der Waals surface area contributed by atoms with Gasteiger partial charge in [0.25, 0.3) is 0 Å². The van der Waals surface area contributed by atoms with Crippen molar-refractivity contribution in [3.63, 3.8) is 0 Å². The summed E-state index contributed by atoms with van der Waals surface area (Å²) in [6.07, 6.45) is 4.73. The van der Waals surface area contributed by atoms with E-state index in [9.17, 15) is 0 Å². The minimum atomic E-state index is 0. The van der Waals surface area contributed by atoms with Crippen LogP contribution in [-0.4, -0.2) is 0 Å². The molecule has 0 aliphatic rings. The standard InChI is InChI=1S/2C15H17.C10H8.2Fe/c2*1-2-14(12-13-8-6-7-9-13)15-10-4-3-5-11-15;1-2-6-9(5-1)10-7-3-4-8-10;;/h2*3-11,14H,2,12H2,1H3;1-8H;;/q2*-1;-6;;. The van der Waals surface area contributed by atoms with Gasteiger partial charge in [-0.1, -0.05) is 87.4 Å². The third kappa shape index (κ3) is 11.3. The van der Waals surface area contributed by atoms with Crippen LogP contribution < -0.4 is 0 Å². The van der Waals surface area contributed by atoms with E-state index in [0.717, 1.165) is 12.8 Å². The Bertz CT molecular complexity index is 1260. The fraction of sp³-hybridized carbons (Fsp3) is 0.200. The first-order valence-corrected chi connectivity index (χ1v) is 14.7. The molecular weight excluding hydrogens is 592 g/mol. The van der Waals surface area contributed by atoms with Crippen molar-refractivity contribution in [1.82, 2.24) is 0 Å². The Hall–Kier alpha value is -3.12. The van der Waals surface area contributed by atoms with Gasteiger partial charge in [0, 0.05) is 34.1 Å². The van der Waals surface area contributed by atoms with Gasteiger partial charge < -0.3 is 59.7 Å². The zero-order valence-electron chi connectivity index (χ0n) is 24.7. The van der Waals surface area contributed by atoms with Gasteiger partial charge in [-0.3, -0.25) is 0 Å². The quantitative estimate of drug-likeness (QED) is 0.110. The second-order valence-electron chi connectivity index (χ2n) is 10.4. The molecule has 0 radical (unpaired) electrons. The molecule has 0 saturated carbocycles. The molecule has 42 heavy (non-hydrogen) atoms. The maximum absolute atomic E-state index is 2.26. The first-order valence-electron chi connectivity index (χ1n) is 14.7. The first-order chi connectivity index (χ1) is 19.8. The summed E-state index contributed by atoms with van der Waals surface area (Å²) in [4.78, 5) is 0. The van der Waals surface area contributed by atoms with Gasteiger partial charge in [0.1, 0.15) is 0 Å². The topological polar surface area (TPSA) is 0 Å². The smallest absolute Gasteiger partial charge is 0 e. The summed E-state index contributed by atoms with van der Waals surface area (Å²) in [5.74, 6) is 1.32. The van der Waals surface area contributed by atoms with Gasteiger partial charge in [-0.05, 0) is 35.8 Å². The first kappa shape index (κ1) is 35.1. The van der Waals surface area contributed by atoms with E-state index in [4.69, 9.17) is 0 Å². The molecule has 2 heteroatoms. The molecule has 0 bridgehead atoms. The number of hydrogen-bond acceptors (Lipinski definition) is 0. The zero-order valence-corrected chi connectivity index (χ0v) is 26.9. The monoisotopic (exact) mass is 634 g/mol. The van der Waals surface area contributed by atoms with Crippen molar-refractivity contribution in [2.45, 2.75) is 51.4 Å². The van der Waals surface area contributed by atoms with Crippen LogP contribution in [0.1, 0.15) is 60.8 Å². The molecule has 0 heterocycles. The maximum Gasteiger partial charge on any atom is 0 e. The predicted molar refractivity (Wildman–Crippen MR) is 173 cm³/mol. The van der Waals surface area contributed by atoms with Crippen LogP contribution in [-0.2, 0) is 47.0 Å². The van der Waals surface area contributed by atoms with E-state index in [2.05, 4.69) is 172 Å². The molecule has 0 nitrogen and oxygen atoms in total. The molecule has 226 valence electrons. The SMILES string of the molecule is CCC(C[c-]1cccc1)c1ccccc1.CCC(C[c-]1cccc1)c1ccccc1.[Fe].[Fe].c1cc[c-](-[c-]2[cH-][cH-][cH-][cH-]2)c1. The molecule has 0 N–H and O–H groups in total. The van der Waals surface area contributed by atoms with Crippen LogP contribution in [0.2, 0.25) is 0 Å². The van der Waals surface area contributed by atoms with Crippen LogP contribution in [0.15, 0.2) is 158 Å². The summed E-state index contributed by atoms with van der Waals surface area (Å²) in [6.45, 7) is 4.53. The minimum Gasteiger partial charge on any atom is -0.565 e. The van der Waals surface area contributed by atoms with Crippen molar-refractivity contribution < 1.29 is 34.1 Å². The van der Waals surface area contributed by atoms with E-state index >= 15 is 0 Å². The van der Waals surface area contributed by atoms with E-state index in [-0.39, 0.29) is 34.1 Å². The van der Waals surface area contributed by atoms with Crippen LogP contribution >= 0.6 is 0 Å². The van der Waals surface area contributed by atoms with E-state index < -0.39 is 0 Å². The molecule has 2 unspecified atom stereocenters. The second kappa shape index (κ2) is 19.9. The van der Waals surface area contributed by atoms with Crippen LogP contribution in [0.4, 0.5) is 0 Å². The molecule has 0 aromatic heterocycles. The van der Waals surface area contributed by atoms with Gasteiger partial charge in [0.2, 0.25) is 0 Å². The number of rotatable bonds is 9. The second-order valence-corrected chi connectivity index (χ2v) is 10.4. The van der Waals surface area contributed by atoms with Crippen molar-refractivity contribution in [2.24, 2.45) is 0 Å². The largest absolute Gasteiger partial charge is 0.565 e. The summed E-state index contributed by atoms with van der Waals surface area (Å²) < 4.78 is 0. The summed E-state index contributed by atoms with van der Waals surface area (Å²) >= 11 is 0. The van der Waals surface area contributed by atoms with E-state index in [1.165, 1.54) is 46.2 Å². The third-order valence-corrected chi connectivity index (χ3v) is 7.61. The molecular formula is C40H42Fe2-8. The molecule has 2 atom stereocenters. The van der Waals surface area contributed by atoms with Crippen molar-refractivity contribution in [1.29, 1.82) is 0 Å². The molecule has 0 fully saturated rings. The van der Waals surface area contributed by atoms with Gasteiger partial charge >= 0.3 is 0 Å². The molecule has 0 aliphatic heterocycles. The maximum atomic E-state index is 2.26. The normalized spacial score (nSPS) is 11.4. The van der Waals surface area contributed by atoms with Crippen molar-refractivity contribution in [3.8, 4) is 11.1 Å². The molecule has 6 rings (SSSR count). The molecule has 6 aromatic rings. The Morgan fingerprint density at radius 1 is 0.500 bits per heavy atom. The number of benzene rings is 2. The molecule has 0 aliphatic carbocycles. The van der Waals surface area contributed by atoms with Crippen LogP contribution in [0.5, 0.6) is 0 Å². The Kier molecular flexibility index (Phi) is 16.6. The Labute approximate surface area is 275 Å². The predicted octanol–water partition coefficient (Wildman–Crippen LogP) is 11.1. The number of hydrogen-bond donors (Lipinski definition) is 0. The van der Waals surface area contributed by atoms with Crippen LogP contribution in [0, 0.1) is 0 Å². The fourth-order valence-corrected chi connectivity index (χ4v) is 5.25.